The van der Waals surface area contributed by atoms with Crippen molar-refractivity contribution in [2.75, 3.05) is 19.6 Å². The zero-order chi connectivity index (χ0) is 15.9. The van der Waals surface area contributed by atoms with Crippen molar-refractivity contribution >= 4 is 6.03 Å². The normalized spacial score (nSPS) is 16.2. The van der Waals surface area contributed by atoms with Crippen LogP contribution in [0.4, 0.5) is 4.79 Å². The van der Waals surface area contributed by atoms with Gasteiger partial charge in [0.1, 0.15) is 0 Å². The Morgan fingerprint density at radius 3 is 2.65 bits per heavy atom. The van der Waals surface area contributed by atoms with Crippen LogP contribution in [0, 0.1) is 0 Å². The van der Waals surface area contributed by atoms with Crippen LogP contribution in [0.3, 0.4) is 0 Å². The van der Waals surface area contributed by atoms with Crippen molar-refractivity contribution in [3.8, 4) is 0 Å². The summed E-state index contributed by atoms with van der Waals surface area (Å²) in [6.07, 6.45) is 5.73. The van der Waals surface area contributed by atoms with E-state index in [0.29, 0.717) is 6.54 Å². The van der Waals surface area contributed by atoms with Gasteiger partial charge in [-0.3, -0.25) is 0 Å². The first-order chi connectivity index (χ1) is 11.3. The molecule has 0 saturated carbocycles. The Morgan fingerprint density at radius 2 is 1.96 bits per heavy atom. The summed E-state index contributed by atoms with van der Waals surface area (Å²) in [6, 6.07) is 11.8. The van der Waals surface area contributed by atoms with E-state index in [0.717, 1.165) is 30.8 Å². The van der Waals surface area contributed by atoms with Crippen LogP contribution in [0.1, 0.15) is 30.0 Å². The van der Waals surface area contributed by atoms with Gasteiger partial charge >= 0.3 is 6.03 Å². The second-order valence-electron chi connectivity index (χ2n) is 5.93. The van der Waals surface area contributed by atoms with E-state index >= 15 is 0 Å². The third kappa shape index (κ3) is 4.60. The molecule has 2 aromatic rings. The number of likely N-dealkylation sites (tertiary alicyclic amines) is 1. The lowest BCUT2D eigenvalue weighted by atomic mass is 10.1. The zero-order valence-corrected chi connectivity index (χ0v) is 13.2. The molecule has 3 rings (SSSR count). The Bertz CT molecular complexity index is 592. The molecule has 2 amide bonds. The highest BCUT2D eigenvalue weighted by Gasteiger charge is 2.20. The van der Waals surface area contributed by atoms with Crippen LogP contribution in [0.15, 0.2) is 53.3 Å². The fourth-order valence-corrected chi connectivity index (χ4v) is 2.93. The number of benzene rings is 1. The van der Waals surface area contributed by atoms with Gasteiger partial charge in [-0.1, -0.05) is 30.3 Å². The first kappa shape index (κ1) is 15.6. The quantitative estimate of drug-likeness (QED) is 0.862. The second-order valence-corrected chi connectivity index (χ2v) is 5.93. The highest BCUT2D eigenvalue weighted by molar-refractivity contribution is 5.74. The summed E-state index contributed by atoms with van der Waals surface area (Å²) in [5, 5.41) is 5.98. The molecule has 0 aliphatic carbocycles. The molecule has 23 heavy (non-hydrogen) atoms. The molecule has 0 radical (unpaired) electrons. The molecule has 1 fully saturated rings. The lowest BCUT2D eigenvalue weighted by Gasteiger charge is -2.25. The second kappa shape index (κ2) is 7.83. The van der Waals surface area contributed by atoms with Crippen LogP contribution >= 0.6 is 0 Å². The Kier molecular flexibility index (Phi) is 5.32. The third-order valence-corrected chi connectivity index (χ3v) is 4.18. The lowest BCUT2D eigenvalue weighted by molar-refractivity contribution is 0.229. The maximum Gasteiger partial charge on any atom is 0.315 e. The number of nitrogens with one attached hydrogen (secondary N) is 2. The number of amides is 2. The van der Waals surface area contributed by atoms with Crippen molar-refractivity contribution in [1.29, 1.82) is 0 Å². The highest BCUT2D eigenvalue weighted by Crippen LogP contribution is 2.17. The number of hydrogen-bond donors (Lipinski definition) is 2. The molecule has 122 valence electrons. The first-order valence-corrected chi connectivity index (χ1v) is 8.14. The molecule has 1 atom stereocenters. The predicted octanol–water partition coefficient (Wildman–Crippen LogP) is 2.92. The van der Waals surface area contributed by atoms with Gasteiger partial charge in [0.25, 0.3) is 0 Å². The van der Waals surface area contributed by atoms with Gasteiger partial charge in [0.2, 0.25) is 0 Å². The van der Waals surface area contributed by atoms with Crippen LogP contribution in [0.5, 0.6) is 0 Å². The molecule has 1 aliphatic heterocycles. The molecule has 0 unspecified atom stereocenters. The van der Waals surface area contributed by atoms with Gasteiger partial charge in [0.15, 0.2) is 0 Å². The fraction of sp³-hybridized carbons (Fsp3) is 0.389. The van der Waals surface area contributed by atoms with Crippen molar-refractivity contribution in [2.45, 2.75) is 25.4 Å². The third-order valence-electron chi connectivity index (χ3n) is 4.18. The van der Waals surface area contributed by atoms with Gasteiger partial charge in [-0.25, -0.2) is 4.79 Å². The highest BCUT2D eigenvalue weighted by atomic mass is 16.3. The molecule has 5 nitrogen and oxygen atoms in total. The number of nitrogens with zero attached hydrogens (tertiary/aromatic N) is 1. The van der Waals surface area contributed by atoms with Gasteiger partial charge < -0.3 is 20.0 Å². The Balaban J connectivity index is 1.59. The summed E-state index contributed by atoms with van der Waals surface area (Å²) in [7, 11) is 0. The molecule has 1 aromatic heterocycles. The maximum atomic E-state index is 12.2. The molecular weight excluding hydrogens is 290 g/mol. The first-order valence-electron chi connectivity index (χ1n) is 8.14. The van der Waals surface area contributed by atoms with Crippen molar-refractivity contribution in [2.24, 2.45) is 0 Å². The van der Waals surface area contributed by atoms with Gasteiger partial charge in [-0.15, -0.1) is 0 Å². The molecule has 0 bridgehead atoms. The summed E-state index contributed by atoms with van der Waals surface area (Å²) in [4.78, 5) is 14.6. The standard InChI is InChI=1S/C18H23N3O2/c22-18(19-12-15-8-11-23-14-15)20-17(13-21-9-4-5-10-21)16-6-2-1-3-7-16/h1-3,6-8,11,14,17H,4-5,9-10,12-13H2,(H2,19,20,22)/t17-/m1/s1. The molecule has 2 N–H and O–H groups in total. The largest absolute Gasteiger partial charge is 0.472 e. The van der Waals surface area contributed by atoms with E-state index in [4.69, 9.17) is 4.42 Å². The van der Waals surface area contributed by atoms with Crippen LogP contribution in [0.25, 0.3) is 0 Å². The molecule has 1 saturated heterocycles. The van der Waals surface area contributed by atoms with Crippen LogP contribution in [-0.4, -0.2) is 30.6 Å². The van der Waals surface area contributed by atoms with Gasteiger partial charge in [-0.05, 0) is 37.6 Å². The SMILES string of the molecule is O=C(NCc1ccoc1)N[C@H](CN1CCCC1)c1ccccc1. The van der Waals surface area contributed by atoms with Crippen molar-refractivity contribution in [1.82, 2.24) is 15.5 Å². The molecule has 5 heteroatoms. The van der Waals surface area contributed by atoms with Crippen molar-refractivity contribution in [3.05, 3.63) is 60.1 Å². The van der Waals surface area contributed by atoms with E-state index < -0.39 is 0 Å². The van der Waals surface area contributed by atoms with Crippen LogP contribution < -0.4 is 10.6 Å². The lowest BCUT2D eigenvalue weighted by Crippen LogP contribution is -2.42. The van der Waals surface area contributed by atoms with E-state index in [2.05, 4.69) is 27.7 Å². The molecular formula is C18H23N3O2. The minimum absolute atomic E-state index is 0.00125. The summed E-state index contributed by atoms with van der Waals surface area (Å²) in [6.45, 7) is 3.54. The number of urea groups is 1. The Hall–Kier alpha value is -2.27. The number of furan rings is 1. The van der Waals surface area contributed by atoms with E-state index in [1.54, 1.807) is 12.5 Å². The average Bonchev–Trinajstić information content (AvgIpc) is 3.27. The fourth-order valence-electron chi connectivity index (χ4n) is 2.93. The van der Waals surface area contributed by atoms with E-state index in [1.807, 2.05) is 24.3 Å². The smallest absolute Gasteiger partial charge is 0.315 e. The number of carbonyl (C=O) groups excluding carboxylic acids is 1. The summed E-state index contributed by atoms with van der Waals surface area (Å²) < 4.78 is 5.01. The molecule has 1 aliphatic rings. The monoisotopic (exact) mass is 313 g/mol. The summed E-state index contributed by atoms with van der Waals surface area (Å²) in [5.41, 5.74) is 2.09. The minimum Gasteiger partial charge on any atom is -0.472 e. The van der Waals surface area contributed by atoms with Crippen molar-refractivity contribution < 1.29 is 9.21 Å². The van der Waals surface area contributed by atoms with Crippen LogP contribution in [0.2, 0.25) is 0 Å². The average molecular weight is 313 g/mol. The number of hydrogen-bond acceptors (Lipinski definition) is 3. The number of rotatable bonds is 6. The predicted molar refractivity (Wildman–Crippen MR) is 88.9 cm³/mol. The Morgan fingerprint density at radius 1 is 1.17 bits per heavy atom. The molecule has 2 heterocycles. The van der Waals surface area contributed by atoms with Gasteiger partial charge in [-0.2, -0.15) is 0 Å². The van der Waals surface area contributed by atoms with E-state index in [1.165, 1.54) is 12.8 Å². The van der Waals surface area contributed by atoms with E-state index in [9.17, 15) is 4.79 Å². The molecule has 1 aromatic carbocycles. The minimum atomic E-state index is -0.153. The summed E-state index contributed by atoms with van der Waals surface area (Å²) >= 11 is 0. The zero-order valence-electron chi connectivity index (χ0n) is 13.2. The van der Waals surface area contributed by atoms with Gasteiger partial charge in [0.05, 0.1) is 18.6 Å². The Labute approximate surface area is 136 Å². The van der Waals surface area contributed by atoms with Crippen molar-refractivity contribution in [3.63, 3.8) is 0 Å². The topological polar surface area (TPSA) is 57.5 Å². The van der Waals surface area contributed by atoms with Crippen LogP contribution in [-0.2, 0) is 6.54 Å². The number of carbonyl (C=O) groups is 1. The summed E-state index contributed by atoms with van der Waals surface area (Å²) in [5.74, 6) is 0. The maximum absolute atomic E-state index is 12.2. The van der Waals surface area contributed by atoms with E-state index in [-0.39, 0.29) is 12.1 Å². The molecule has 0 spiro atoms. The van der Waals surface area contributed by atoms with Gasteiger partial charge in [0, 0.05) is 18.7 Å².